The zero-order valence-electron chi connectivity index (χ0n) is 22.1. The monoisotopic (exact) mass is 556 g/mol. The minimum Gasteiger partial charge on any atom is -0.393 e. The minimum absolute atomic E-state index is 0.0303. The molecule has 0 radical (unpaired) electrons. The average molecular weight is 557 g/mol. The highest BCUT2D eigenvalue weighted by Crippen LogP contribution is 2.36. The summed E-state index contributed by atoms with van der Waals surface area (Å²) in [5.41, 5.74) is 3.00. The number of hydrogen-bond donors (Lipinski definition) is 1. The van der Waals surface area contributed by atoms with Crippen molar-refractivity contribution >= 4 is 10.1 Å². The van der Waals surface area contributed by atoms with Crippen molar-refractivity contribution < 1.29 is 36.7 Å². The van der Waals surface area contributed by atoms with Crippen molar-refractivity contribution in [1.29, 1.82) is 0 Å². The molecule has 9 heteroatoms. The average Bonchev–Trinajstić information content (AvgIpc) is 3.25. The summed E-state index contributed by atoms with van der Waals surface area (Å²) in [4.78, 5) is 0.0739. The van der Waals surface area contributed by atoms with Gasteiger partial charge in [0.15, 0.2) is 0 Å². The largest absolute Gasteiger partial charge is 0.393 e. The predicted molar refractivity (Wildman–Crippen MR) is 145 cm³/mol. The number of rotatable bonds is 15. The van der Waals surface area contributed by atoms with Gasteiger partial charge in [0.1, 0.15) is 13.6 Å². The molecular weight excluding hydrogens is 520 g/mol. The Bertz CT molecular complexity index is 1220. The summed E-state index contributed by atoms with van der Waals surface area (Å²) in [5, 5.41) is 10.8. The molecule has 4 atom stereocenters. The van der Waals surface area contributed by atoms with E-state index in [1.807, 2.05) is 67.6 Å². The van der Waals surface area contributed by atoms with Gasteiger partial charge in [-0.25, -0.2) is 0 Å². The van der Waals surface area contributed by atoms with Gasteiger partial charge in [-0.3, -0.25) is 4.18 Å². The van der Waals surface area contributed by atoms with Crippen LogP contribution in [0, 0.1) is 18.8 Å². The highest BCUT2D eigenvalue weighted by Gasteiger charge is 2.44. The maximum Gasteiger partial charge on any atom is 0.296 e. The van der Waals surface area contributed by atoms with E-state index in [0.717, 1.165) is 16.7 Å². The highest BCUT2D eigenvalue weighted by molar-refractivity contribution is 7.86. The molecule has 1 N–H and O–H groups in total. The number of benzene rings is 3. The van der Waals surface area contributed by atoms with E-state index in [1.165, 1.54) is 12.1 Å². The molecule has 3 aromatic carbocycles. The van der Waals surface area contributed by atoms with E-state index in [0.29, 0.717) is 19.6 Å². The zero-order chi connectivity index (χ0) is 27.5. The van der Waals surface area contributed by atoms with Gasteiger partial charge in [-0.15, -0.1) is 0 Å². The lowest BCUT2D eigenvalue weighted by Crippen LogP contribution is -2.32. The van der Waals surface area contributed by atoms with Crippen molar-refractivity contribution in [2.45, 2.75) is 43.7 Å². The Kier molecular flexibility index (Phi) is 11.0. The maximum absolute atomic E-state index is 12.8. The summed E-state index contributed by atoms with van der Waals surface area (Å²) in [5.74, 6) is -0.840. The lowest BCUT2D eigenvalue weighted by molar-refractivity contribution is -0.131. The van der Waals surface area contributed by atoms with E-state index in [1.54, 1.807) is 12.1 Å². The fourth-order valence-electron chi connectivity index (χ4n) is 4.59. The smallest absolute Gasteiger partial charge is 0.296 e. The highest BCUT2D eigenvalue weighted by atomic mass is 32.2. The van der Waals surface area contributed by atoms with Gasteiger partial charge in [-0.2, -0.15) is 8.42 Å². The molecule has 0 spiro atoms. The van der Waals surface area contributed by atoms with Crippen LogP contribution in [0.25, 0.3) is 0 Å². The van der Waals surface area contributed by atoms with Gasteiger partial charge in [-0.05, 0) is 30.2 Å². The number of aliphatic hydroxyl groups is 1. The predicted octanol–water partition coefficient (Wildman–Crippen LogP) is 4.45. The SMILES string of the molecule is Cc1ccc(S(=O)(=O)OC[C@H]2[C@H](COCOCc3ccccc3)[C@@H](OCOCc3ccccc3)C[C@@H]2O)cc1. The topological polar surface area (TPSA) is 101 Å². The lowest BCUT2D eigenvalue weighted by atomic mass is 9.95. The fourth-order valence-corrected chi connectivity index (χ4v) is 5.53. The van der Waals surface area contributed by atoms with Gasteiger partial charge < -0.3 is 24.1 Å². The lowest BCUT2D eigenvalue weighted by Gasteiger charge is -2.25. The van der Waals surface area contributed by atoms with Gasteiger partial charge in [0.25, 0.3) is 10.1 Å². The minimum atomic E-state index is -3.98. The van der Waals surface area contributed by atoms with Gasteiger partial charge in [-0.1, -0.05) is 78.4 Å². The van der Waals surface area contributed by atoms with E-state index in [4.69, 9.17) is 23.1 Å². The first-order valence-corrected chi connectivity index (χ1v) is 14.4. The van der Waals surface area contributed by atoms with Gasteiger partial charge in [0.05, 0.1) is 43.5 Å². The van der Waals surface area contributed by atoms with Crippen molar-refractivity contribution in [2.75, 3.05) is 26.8 Å². The second-order valence-corrected chi connectivity index (χ2v) is 11.3. The first-order valence-electron chi connectivity index (χ1n) is 13.0. The van der Waals surface area contributed by atoms with Gasteiger partial charge in [0.2, 0.25) is 0 Å². The first kappa shape index (κ1) is 29.4. The molecule has 1 saturated carbocycles. The molecule has 0 unspecified atom stereocenters. The molecule has 1 aliphatic rings. The van der Waals surface area contributed by atoms with Crippen LogP contribution in [0.3, 0.4) is 0 Å². The molecule has 8 nitrogen and oxygen atoms in total. The second-order valence-electron chi connectivity index (χ2n) is 9.66. The van der Waals surface area contributed by atoms with Crippen LogP contribution in [0.5, 0.6) is 0 Å². The van der Waals surface area contributed by atoms with Crippen molar-refractivity contribution in [2.24, 2.45) is 11.8 Å². The van der Waals surface area contributed by atoms with Gasteiger partial charge >= 0.3 is 0 Å². The Morgan fingerprint density at radius 2 is 1.33 bits per heavy atom. The second kappa shape index (κ2) is 14.7. The van der Waals surface area contributed by atoms with Crippen LogP contribution in [-0.2, 0) is 46.5 Å². The van der Waals surface area contributed by atoms with E-state index < -0.39 is 28.2 Å². The van der Waals surface area contributed by atoms with E-state index in [-0.39, 0.29) is 37.6 Å². The molecule has 0 saturated heterocycles. The number of hydrogen-bond acceptors (Lipinski definition) is 8. The Morgan fingerprint density at radius 1 is 0.744 bits per heavy atom. The summed E-state index contributed by atoms with van der Waals surface area (Å²) in [6.07, 6.45) is -0.914. The normalized spacial score (nSPS) is 21.3. The molecule has 0 bridgehead atoms. The Hall–Kier alpha value is -2.63. The van der Waals surface area contributed by atoms with Crippen LogP contribution in [0.4, 0.5) is 0 Å². The summed E-state index contributed by atoms with van der Waals surface area (Å²) in [6.45, 7) is 2.77. The molecular formula is C30H36O8S. The van der Waals surface area contributed by atoms with Crippen molar-refractivity contribution in [3.8, 4) is 0 Å². The summed E-state index contributed by atoms with van der Waals surface area (Å²) in [7, 11) is -3.98. The molecule has 0 aliphatic heterocycles. The van der Waals surface area contributed by atoms with Gasteiger partial charge in [0, 0.05) is 18.3 Å². The summed E-state index contributed by atoms with van der Waals surface area (Å²) in [6, 6.07) is 26.0. The Balaban J connectivity index is 1.33. The summed E-state index contributed by atoms with van der Waals surface area (Å²) < 4.78 is 54.0. The molecule has 1 fully saturated rings. The van der Waals surface area contributed by atoms with Crippen LogP contribution in [0.15, 0.2) is 89.8 Å². The number of aliphatic hydroxyl groups excluding tert-OH is 1. The molecule has 4 rings (SSSR count). The molecule has 1 aliphatic carbocycles. The van der Waals surface area contributed by atoms with E-state index in [9.17, 15) is 13.5 Å². The third kappa shape index (κ3) is 8.94. The molecule has 210 valence electrons. The van der Waals surface area contributed by atoms with Crippen LogP contribution >= 0.6 is 0 Å². The van der Waals surface area contributed by atoms with Crippen molar-refractivity contribution in [3.05, 3.63) is 102 Å². The molecule has 0 aromatic heterocycles. The maximum atomic E-state index is 12.8. The molecule has 3 aromatic rings. The van der Waals surface area contributed by atoms with Crippen molar-refractivity contribution in [1.82, 2.24) is 0 Å². The van der Waals surface area contributed by atoms with Crippen molar-refractivity contribution in [3.63, 3.8) is 0 Å². The number of aryl methyl sites for hydroxylation is 1. The molecule has 0 heterocycles. The third-order valence-electron chi connectivity index (χ3n) is 6.79. The summed E-state index contributed by atoms with van der Waals surface area (Å²) >= 11 is 0. The van der Waals surface area contributed by atoms with Crippen LogP contribution < -0.4 is 0 Å². The molecule has 39 heavy (non-hydrogen) atoms. The fraction of sp³-hybridized carbons (Fsp3) is 0.400. The third-order valence-corrected chi connectivity index (χ3v) is 8.08. The number of ether oxygens (including phenoxy) is 4. The van der Waals surface area contributed by atoms with Crippen LogP contribution in [0.2, 0.25) is 0 Å². The zero-order valence-corrected chi connectivity index (χ0v) is 22.9. The molecule has 0 amide bonds. The van der Waals surface area contributed by atoms with Crippen LogP contribution in [0.1, 0.15) is 23.1 Å². The standard InChI is InChI=1S/C30H36O8S/c1-23-12-14-26(15-13-23)39(32,33)38-20-27-28(19-36-21-34-17-24-8-4-2-5-9-24)30(16-29(27)31)37-22-35-18-25-10-6-3-7-11-25/h2-15,27-31H,16-22H2,1H3/t27-,28-,29-,30-/m0/s1. The Labute approximate surface area is 230 Å². The van der Waals surface area contributed by atoms with E-state index >= 15 is 0 Å². The quantitative estimate of drug-likeness (QED) is 0.167. The Morgan fingerprint density at radius 3 is 1.95 bits per heavy atom. The first-order chi connectivity index (χ1) is 18.9. The van der Waals surface area contributed by atoms with Crippen LogP contribution in [-0.4, -0.2) is 52.5 Å². The van der Waals surface area contributed by atoms with E-state index in [2.05, 4.69) is 0 Å².